The van der Waals surface area contributed by atoms with Crippen LogP contribution in [0.5, 0.6) is 0 Å². The number of carbonyl (C=O) groups excluding carboxylic acids is 1. The zero-order valence-electron chi connectivity index (χ0n) is 16.7. The number of amides is 1. The second-order valence-electron chi connectivity index (χ2n) is 7.65. The molecule has 5 heteroatoms. The van der Waals surface area contributed by atoms with Gasteiger partial charge in [0.2, 0.25) is 0 Å². The average Bonchev–Trinajstić information content (AvgIpc) is 3.39. The van der Waals surface area contributed by atoms with Crippen molar-refractivity contribution in [1.82, 2.24) is 15.4 Å². The van der Waals surface area contributed by atoms with Gasteiger partial charge < -0.3 is 9.97 Å². The van der Waals surface area contributed by atoms with Crippen LogP contribution < -0.4 is 5.48 Å². The molecule has 5 nitrogen and oxygen atoms in total. The Kier molecular flexibility index (Phi) is 5.41. The van der Waals surface area contributed by atoms with Gasteiger partial charge in [-0.05, 0) is 29.7 Å². The fraction of sp³-hybridized carbons (Fsp3) is 0.292. The summed E-state index contributed by atoms with van der Waals surface area (Å²) in [4.78, 5) is 20.0. The highest BCUT2D eigenvalue weighted by atomic mass is 16.5. The van der Waals surface area contributed by atoms with Gasteiger partial charge in [0, 0.05) is 34.2 Å². The van der Waals surface area contributed by atoms with Crippen LogP contribution in [0.1, 0.15) is 50.2 Å². The summed E-state index contributed by atoms with van der Waals surface area (Å²) >= 11 is 0. The lowest BCUT2D eigenvalue weighted by Gasteiger charge is -2.32. The molecule has 0 spiro atoms. The van der Waals surface area contributed by atoms with Gasteiger partial charge in [-0.1, -0.05) is 69.0 Å². The van der Waals surface area contributed by atoms with E-state index < -0.39 is 11.3 Å². The third kappa shape index (κ3) is 3.21. The van der Waals surface area contributed by atoms with E-state index >= 15 is 0 Å². The Morgan fingerprint density at radius 3 is 1.97 bits per heavy atom. The Balaban J connectivity index is 1.97. The smallest absolute Gasteiger partial charge is 0.258 e. The van der Waals surface area contributed by atoms with Crippen LogP contribution in [-0.2, 0) is 10.2 Å². The number of rotatable bonds is 8. The maximum Gasteiger partial charge on any atom is 0.258 e. The number of hydrogen-bond donors (Lipinski definition) is 4. The van der Waals surface area contributed by atoms with Gasteiger partial charge in [-0.2, -0.15) is 0 Å². The van der Waals surface area contributed by atoms with Gasteiger partial charge in [-0.25, -0.2) is 5.48 Å². The minimum atomic E-state index is -0.998. The highest BCUT2D eigenvalue weighted by Crippen LogP contribution is 2.44. The van der Waals surface area contributed by atoms with E-state index in [9.17, 15) is 10.0 Å². The lowest BCUT2D eigenvalue weighted by molar-refractivity contribution is -0.134. The first-order valence-corrected chi connectivity index (χ1v) is 10.3. The van der Waals surface area contributed by atoms with E-state index in [1.54, 1.807) is 0 Å². The van der Waals surface area contributed by atoms with Crippen LogP contribution in [0.25, 0.3) is 21.8 Å². The number of fused-ring (bicyclic) bond motifs is 2. The van der Waals surface area contributed by atoms with Crippen LogP contribution >= 0.6 is 0 Å². The molecule has 4 N–H and O–H groups in total. The van der Waals surface area contributed by atoms with E-state index in [1.807, 2.05) is 66.4 Å². The van der Waals surface area contributed by atoms with Crippen molar-refractivity contribution in [3.63, 3.8) is 0 Å². The number of aromatic nitrogens is 2. The number of para-hydroxylation sites is 2. The van der Waals surface area contributed by atoms with Crippen LogP contribution in [0.2, 0.25) is 0 Å². The first-order valence-electron chi connectivity index (χ1n) is 10.3. The van der Waals surface area contributed by atoms with Crippen LogP contribution in [0, 0.1) is 0 Å². The topological polar surface area (TPSA) is 80.9 Å². The van der Waals surface area contributed by atoms with Crippen molar-refractivity contribution < 1.29 is 10.0 Å². The van der Waals surface area contributed by atoms with Crippen molar-refractivity contribution in [2.45, 2.75) is 44.4 Å². The summed E-state index contributed by atoms with van der Waals surface area (Å²) in [5.74, 6) is -0.400. The molecule has 1 amide bonds. The Hall–Kier alpha value is -3.05. The molecule has 0 fully saturated rings. The molecule has 4 aromatic rings. The molecule has 0 bridgehead atoms. The first kappa shape index (κ1) is 19.3. The first-order chi connectivity index (χ1) is 14.2. The van der Waals surface area contributed by atoms with Crippen molar-refractivity contribution in [3.8, 4) is 0 Å². The quantitative estimate of drug-likeness (QED) is 0.185. The number of nitrogens with one attached hydrogen (secondary N) is 3. The summed E-state index contributed by atoms with van der Waals surface area (Å²) in [7, 11) is 0. The molecular formula is C24H27N3O2. The summed E-state index contributed by atoms with van der Waals surface area (Å²) < 4.78 is 0. The Morgan fingerprint density at radius 1 is 0.897 bits per heavy atom. The maximum absolute atomic E-state index is 13.4. The van der Waals surface area contributed by atoms with E-state index in [4.69, 9.17) is 0 Å². The lowest BCUT2D eigenvalue weighted by atomic mass is 9.70. The summed E-state index contributed by atoms with van der Waals surface area (Å²) in [6, 6.07) is 16.0. The number of aromatic amines is 2. The van der Waals surface area contributed by atoms with Crippen molar-refractivity contribution in [1.29, 1.82) is 0 Å². The number of H-pyrrole nitrogens is 2. The number of hydrogen-bond acceptors (Lipinski definition) is 2. The molecule has 0 aliphatic rings. The molecule has 0 aliphatic heterocycles. The summed E-state index contributed by atoms with van der Waals surface area (Å²) in [5, 5.41) is 11.8. The summed E-state index contributed by atoms with van der Waals surface area (Å²) in [6.45, 7) is 2.17. The minimum absolute atomic E-state index is 0.400. The van der Waals surface area contributed by atoms with Gasteiger partial charge in [0.1, 0.15) is 5.41 Å². The van der Waals surface area contributed by atoms with E-state index in [0.717, 1.165) is 58.6 Å². The van der Waals surface area contributed by atoms with Gasteiger partial charge in [0.15, 0.2) is 0 Å². The van der Waals surface area contributed by atoms with Gasteiger partial charge in [0.05, 0.1) is 0 Å². The molecule has 29 heavy (non-hydrogen) atoms. The average molecular weight is 389 g/mol. The van der Waals surface area contributed by atoms with Crippen molar-refractivity contribution in [3.05, 3.63) is 72.1 Å². The molecule has 0 atom stereocenters. The normalized spacial score (nSPS) is 11.9. The third-order valence-corrected chi connectivity index (χ3v) is 5.99. The van der Waals surface area contributed by atoms with E-state index in [1.165, 1.54) is 0 Å². The maximum atomic E-state index is 13.4. The molecule has 2 aromatic carbocycles. The minimum Gasteiger partial charge on any atom is -0.361 e. The standard InChI is InChI=1S/C24H27N3O2/c1-2-3-4-9-14-24(23(28)27-29,19-15-25-21-12-7-5-10-17(19)21)20-16-26-22-13-8-6-11-18(20)22/h5-8,10-13,15-16,25-26,29H,2-4,9,14H2,1H3,(H,27,28). The van der Waals surface area contributed by atoms with E-state index in [-0.39, 0.29) is 0 Å². The highest BCUT2D eigenvalue weighted by molar-refractivity contribution is 6.01. The van der Waals surface area contributed by atoms with Crippen LogP contribution in [-0.4, -0.2) is 21.1 Å². The molecule has 4 rings (SSSR count). The van der Waals surface area contributed by atoms with Crippen molar-refractivity contribution in [2.75, 3.05) is 0 Å². The summed E-state index contributed by atoms with van der Waals surface area (Å²) in [5.41, 5.74) is 4.72. The Bertz CT molecular complexity index is 1050. The molecular weight excluding hydrogens is 362 g/mol. The largest absolute Gasteiger partial charge is 0.361 e. The fourth-order valence-electron chi connectivity index (χ4n) is 4.53. The molecule has 0 saturated carbocycles. The van der Waals surface area contributed by atoms with Crippen molar-refractivity contribution >= 4 is 27.7 Å². The Morgan fingerprint density at radius 2 is 1.45 bits per heavy atom. The second-order valence-corrected chi connectivity index (χ2v) is 7.65. The monoisotopic (exact) mass is 389 g/mol. The van der Waals surface area contributed by atoms with Gasteiger partial charge in [0.25, 0.3) is 5.91 Å². The third-order valence-electron chi connectivity index (χ3n) is 5.99. The molecule has 150 valence electrons. The van der Waals surface area contributed by atoms with Crippen molar-refractivity contribution in [2.24, 2.45) is 0 Å². The van der Waals surface area contributed by atoms with Gasteiger partial charge >= 0.3 is 0 Å². The molecule has 0 aliphatic carbocycles. The van der Waals surface area contributed by atoms with E-state index in [2.05, 4.69) is 16.9 Å². The van der Waals surface area contributed by atoms with Gasteiger partial charge in [-0.15, -0.1) is 0 Å². The highest BCUT2D eigenvalue weighted by Gasteiger charge is 2.44. The lowest BCUT2D eigenvalue weighted by Crippen LogP contribution is -2.44. The fourth-order valence-corrected chi connectivity index (χ4v) is 4.53. The predicted molar refractivity (Wildman–Crippen MR) is 116 cm³/mol. The van der Waals surface area contributed by atoms with Gasteiger partial charge in [-0.3, -0.25) is 10.0 Å². The zero-order chi connectivity index (χ0) is 20.3. The SMILES string of the molecule is CCCCCCC(C(=O)NO)(c1c[nH]c2ccccc12)c1c[nH]c2ccccc12. The molecule has 2 aromatic heterocycles. The van der Waals surface area contributed by atoms with Crippen LogP contribution in [0.4, 0.5) is 0 Å². The second kappa shape index (κ2) is 8.13. The number of benzene rings is 2. The Labute approximate surface area is 170 Å². The number of hydroxylamine groups is 1. The summed E-state index contributed by atoms with van der Waals surface area (Å²) in [6.07, 6.45) is 8.63. The number of unbranched alkanes of at least 4 members (excludes halogenated alkanes) is 3. The predicted octanol–water partition coefficient (Wildman–Crippen LogP) is 5.41. The van der Waals surface area contributed by atoms with Crippen LogP contribution in [0.3, 0.4) is 0 Å². The molecule has 0 radical (unpaired) electrons. The molecule has 0 saturated heterocycles. The van der Waals surface area contributed by atoms with E-state index in [0.29, 0.717) is 6.42 Å². The molecule has 2 heterocycles. The number of carbonyl (C=O) groups is 1. The van der Waals surface area contributed by atoms with Crippen LogP contribution in [0.15, 0.2) is 60.9 Å². The zero-order valence-corrected chi connectivity index (χ0v) is 16.7. The molecule has 0 unspecified atom stereocenters.